The quantitative estimate of drug-likeness (QED) is 0.406. The van der Waals surface area contributed by atoms with Crippen molar-refractivity contribution in [2.45, 2.75) is 32.5 Å². The van der Waals surface area contributed by atoms with Gasteiger partial charge in [-0.15, -0.1) is 0 Å². The van der Waals surface area contributed by atoms with Crippen LogP contribution < -0.4 is 5.32 Å². The average molecular weight is 318 g/mol. The van der Waals surface area contributed by atoms with E-state index in [0.29, 0.717) is 0 Å². The number of aryl methyl sites for hydroxylation is 1. The fraction of sp³-hybridized carbons (Fsp3) is 0.500. The van der Waals surface area contributed by atoms with Gasteiger partial charge in [0.1, 0.15) is 6.10 Å². The number of carbonyl (C=O) groups excluding carboxylic acids is 1. The normalized spacial score (nSPS) is 13.6. The van der Waals surface area contributed by atoms with E-state index in [-0.39, 0.29) is 35.3 Å². The van der Waals surface area contributed by atoms with Gasteiger partial charge < -0.3 is 15.5 Å². The smallest absolute Gasteiger partial charge is 0.306 e. The Labute approximate surface area is 125 Å². The summed E-state index contributed by atoms with van der Waals surface area (Å²) in [7, 11) is 0. The Morgan fingerprint density at radius 1 is 1.57 bits per heavy atom. The van der Waals surface area contributed by atoms with Crippen LogP contribution in [0.5, 0.6) is 0 Å². The summed E-state index contributed by atoms with van der Waals surface area (Å²) in [5, 5.41) is 33.0. The lowest BCUT2D eigenvalue weighted by Crippen LogP contribution is -2.28. The van der Waals surface area contributed by atoms with E-state index < -0.39 is 22.8 Å². The largest absolute Gasteiger partial charge is 0.390 e. The van der Waals surface area contributed by atoms with Crippen molar-refractivity contribution in [3.05, 3.63) is 32.6 Å². The Bertz CT molecular complexity index is 552. The molecule has 3 N–H and O–H groups in total. The number of nitrogens with one attached hydrogen (secondary N) is 1. The maximum Gasteiger partial charge on any atom is 0.306 e. The van der Waals surface area contributed by atoms with E-state index in [9.17, 15) is 25.1 Å². The zero-order valence-corrected chi connectivity index (χ0v) is 12.3. The number of carbonyl (C=O) groups is 1. The standard InChI is InChI=1S/C12H16ClN3O5/c1-6-8(5-9(16(20)21)12(13)15-6)11(19)10(18)3-4-14-7(2)17/h5,10-11,18-19H,3-4H2,1-2H3,(H,14,17). The Morgan fingerprint density at radius 2 is 2.19 bits per heavy atom. The van der Waals surface area contributed by atoms with Crippen molar-refractivity contribution in [2.75, 3.05) is 6.54 Å². The molecule has 116 valence electrons. The van der Waals surface area contributed by atoms with Crippen LogP contribution in [-0.2, 0) is 4.79 Å². The number of hydrogen-bond acceptors (Lipinski definition) is 6. The molecular weight excluding hydrogens is 302 g/mol. The molecule has 1 aromatic heterocycles. The molecule has 8 nitrogen and oxygen atoms in total. The summed E-state index contributed by atoms with van der Waals surface area (Å²) in [4.78, 5) is 24.6. The molecule has 1 rings (SSSR count). The number of rotatable bonds is 6. The highest BCUT2D eigenvalue weighted by atomic mass is 35.5. The number of aliphatic hydroxyl groups excluding tert-OH is 2. The monoisotopic (exact) mass is 317 g/mol. The summed E-state index contributed by atoms with van der Waals surface area (Å²) in [6.45, 7) is 3.03. The molecule has 0 aliphatic heterocycles. The molecule has 0 saturated carbocycles. The highest BCUT2D eigenvalue weighted by molar-refractivity contribution is 6.31. The second kappa shape index (κ2) is 7.30. The molecule has 0 radical (unpaired) electrons. The Balaban J connectivity index is 2.90. The zero-order valence-electron chi connectivity index (χ0n) is 11.5. The summed E-state index contributed by atoms with van der Waals surface area (Å²) in [6.07, 6.45) is -2.46. The van der Waals surface area contributed by atoms with Gasteiger partial charge in [0.05, 0.1) is 11.0 Å². The minimum Gasteiger partial charge on any atom is -0.390 e. The van der Waals surface area contributed by atoms with Crippen LogP contribution in [0.2, 0.25) is 5.15 Å². The number of nitro groups is 1. The Hall–Kier alpha value is -1.77. The number of halogens is 1. The van der Waals surface area contributed by atoms with E-state index in [1.807, 2.05) is 0 Å². The molecule has 2 unspecified atom stereocenters. The molecular formula is C12H16ClN3O5. The molecule has 1 amide bonds. The fourth-order valence-electron chi connectivity index (χ4n) is 1.77. The van der Waals surface area contributed by atoms with E-state index in [1.54, 1.807) is 0 Å². The first-order valence-electron chi connectivity index (χ1n) is 6.16. The first-order chi connectivity index (χ1) is 9.73. The first kappa shape index (κ1) is 17.3. The summed E-state index contributed by atoms with van der Waals surface area (Å²) in [6, 6.07) is 1.09. The average Bonchev–Trinajstić information content (AvgIpc) is 2.37. The van der Waals surface area contributed by atoms with Crippen LogP contribution in [0.15, 0.2) is 6.07 Å². The number of pyridine rings is 1. The zero-order chi connectivity index (χ0) is 16.2. The van der Waals surface area contributed by atoms with Gasteiger partial charge in [-0.2, -0.15) is 0 Å². The number of amides is 1. The minimum absolute atomic E-state index is 0.0939. The lowest BCUT2D eigenvalue weighted by molar-refractivity contribution is -0.385. The molecule has 0 aliphatic carbocycles. The van der Waals surface area contributed by atoms with E-state index >= 15 is 0 Å². The molecule has 0 aliphatic rings. The van der Waals surface area contributed by atoms with E-state index in [2.05, 4.69) is 10.3 Å². The fourth-order valence-corrected chi connectivity index (χ4v) is 2.02. The lowest BCUT2D eigenvalue weighted by Gasteiger charge is -2.19. The van der Waals surface area contributed by atoms with E-state index in [0.717, 1.165) is 6.07 Å². The van der Waals surface area contributed by atoms with Crippen LogP contribution in [0, 0.1) is 17.0 Å². The van der Waals surface area contributed by atoms with Crippen LogP contribution in [0.4, 0.5) is 5.69 Å². The number of hydrogen-bond donors (Lipinski definition) is 3. The highest BCUT2D eigenvalue weighted by Gasteiger charge is 2.25. The third-order valence-corrected chi connectivity index (χ3v) is 3.16. The predicted octanol–water partition coefficient (Wildman–Crippen LogP) is 0.872. The Morgan fingerprint density at radius 3 is 2.71 bits per heavy atom. The van der Waals surface area contributed by atoms with Gasteiger partial charge in [-0.05, 0) is 13.3 Å². The van der Waals surface area contributed by atoms with Crippen molar-refractivity contribution < 1.29 is 19.9 Å². The summed E-state index contributed by atoms with van der Waals surface area (Å²) < 4.78 is 0. The number of aromatic nitrogens is 1. The maximum atomic E-state index is 10.8. The van der Waals surface area contributed by atoms with Crippen molar-refractivity contribution >= 4 is 23.2 Å². The number of aliphatic hydroxyl groups is 2. The second-order valence-corrected chi connectivity index (χ2v) is 4.87. The molecule has 0 saturated heterocycles. The van der Waals surface area contributed by atoms with Gasteiger partial charge >= 0.3 is 5.69 Å². The topological polar surface area (TPSA) is 126 Å². The molecule has 21 heavy (non-hydrogen) atoms. The minimum atomic E-state index is -1.36. The van der Waals surface area contributed by atoms with Crippen molar-refractivity contribution in [3.63, 3.8) is 0 Å². The van der Waals surface area contributed by atoms with Gasteiger partial charge in [-0.1, -0.05) is 11.6 Å². The van der Waals surface area contributed by atoms with Gasteiger partial charge in [-0.25, -0.2) is 4.98 Å². The van der Waals surface area contributed by atoms with Gasteiger partial charge in [-0.3, -0.25) is 14.9 Å². The van der Waals surface area contributed by atoms with Gasteiger partial charge in [0.2, 0.25) is 11.1 Å². The van der Waals surface area contributed by atoms with Gasteiger partial charge in [0.15, 0.2) is 0 Å². The van der Waals surface area contributed by atoms with E-state index in [4.69, 9.17) is 11.6 Å². The van der Waals surface area contributed by atoms with Crippen molar-refractivity contribution in [1.29, 1.82) is 0 Å². The molecule has 9 heteroatoms. The summed E-state index contributed by atoms with van der Waals surface area (Å²) in [5.41, 5.74) is -0.0246. The molecule has 1 heterocycles. The van der Waals surface area contributed by atoms with E-state index in [1.165, 1.54) is 13.8 Å². The second-order valence-electron chi connectivity index (χ2n) is 4.51. The molecule has 0 fully saturated rings. The predicted molar refractivity (Wildman–Crippen MR) is 74.9 cm³/mol. The lowest BCUT2D eigenvalue weighted by atomic mass is 10.0. The summed E-state index contributed by atoms with van der Waals surface area (Å²) in [5.74, 6) is -0.253. The highest BCUT2D eigenvalue weighted by Crippen LogP contribution is 2.29. The van der Waals surface area contributed by atoms with Gasteiger partial charge in [0.25, 0.3) is 0 Å². The molecule has 1 aromatic rings. The van der Waals surface area contributed by atoms with Crippen molar-refractivity contribution in [2.24, 2.45) is 0 Å². The molecule has 0 aromatic carbocycles. The molecule has 2 atom stereocenters. The summed E-state index contributed by atoms with van der Waals surface area (Å²) >= 11 is 5.65. The molecule has 0 spiro atoms. The third-order valence-electron chi connectivity index (χ3n) is 2.88. The number of nitrogens with zero attached hydrogens (tertiary/aromatic N) is 2. The SMILES string of the molecule is CC(=O)NCCC(O)C(O)c1cc([N+](=O)[O-])c(Cl)nc1C. The Kier molecular flexibility index (Phi) is 6.01. The van der Waals surface area contributed by atoms with Crippen molar-refractivity contribution in [3.8, 4) is 0 Å². The maximum absolute atomic E-state index is 10.8. The van der Waals surface area contributed by atoms with Gasteiger partial charge in [0, 0.05) is 30.8 Å². The van der Waals surface area contributed by atoms with Crippen LogP contribution in [0.3, 0.4) is 0 Å². The molecule has 0 bridgehead atoms. The van der Waals surface area contributed by atoms with Crippen LogP contribution >= 0.6 is 11.6 Å². The first-order valence-corrected chi connectivity index (χ1v) is 6.53. The third kappa shape index (κ3) is 4.62. The van der Waals surface area contributed by atoms with Crippen LogP contribution in [0.25, 0.3) is 0 Å². The van der Waals surface area contributed by atoms with Crippen LogP contribution in [0.1, 0.15) is 30.7 Å². The van der Waals surface area contributed by atoms with Crippen LogP contribution in [-0.4, -0.2) is 38.7 Å². The van der Waals surface area contributed by atoms with Crippen molar-refractivity contribution in [1.82, 2.24) is 10.3 Å².